The molecule has 1 N–H and O–H groups in total. The van der Waals surface area contributed by atoms with Gasteiger partial charge in [-0.3, -0.25) is 0 Å². The number of hydrogen-bond acceptors (Lipinski definition) is 5. The number of carbonyl (C=O) groups is 2. The first-order chi connectivity index (χ1) is 14.3. The lowest BCUT2D eigenvalue weighted by Gasteiger charge is -2.30. The average Bonchev–Trinajstić information content (AvgIpc) is 2.72. The third-order valence-corrected chi connectivity index (χ3v) is 5.17. The molecule has 0 radical (unpaired) electrons. The summed E-state index contributed by atoms with van der Waals surface area (Å²) in [6.07, 6.45) is 18.1. The molecule has 1 fully saturated rings. The topological polar surface area (TPSA) is 72.8 Å². The molecule has 1 saturated carbocycles. The zero-order chi connectivity index (χ0) is 22.7. The third-order valence-electron chi connectivity index (χ3n) is 5.17. The van der Waals surface area contributed by atoms with Crippen molar-refractivity contribution in [2.24, 2.45) is 0 Å². The van der Waals surface area contributed by atoms with Crippen molar-refractivity contribution in [2.45, 2.75) is 116 Å². The predicted molar refractivity (Wildman–Crippen MR) is 122 cm³/mol. The van der Waals surface area contributed by atoms with E-state index in [1.807, 2.05) is 0 Å². The summed E-state index contributed by atoms with van der Waals surface area (Å²) >= 11 is 0. The van der Waals surface area contributed by atoms with Gasteiger partial charge < -0.3 is 14.6 Å². The van der Waals surface area contributed by atoms with Gasteiger partial charge in [-0.2, -0.15) is 0 Å². The van der Waals surface area contributed by atoms with E-state index in [0.717, 1.165) is 31.8 Å². The van der Waals surface area contributed by atoms with Gasteiger partial charge in [0.15, 0.2) is 0 Å². The van der Waals surface area contributed by atoms with Crippen LogP contribution in [-0.4, -0.2) is 29.4 Å². The van der Waals surface area contributed by atoms with Gasteiger partial charge in [-0.25, -0.2) is 9.59 Å². The molecule has 5 nitrogen and oxygen atoms in total. The second-order valence-electron chi connectivity index (χ2n) is 8.23. The number of esters is 2. The zero-order valence-electron chi connectivity index (χ0n) is 19.4. The van der Waals surface area contributed by atoms with Crippen LogP contribution >= 0.6 is 0 Å². The molecule has 0 spiro atoms. The largest absolute Gasteiger partial charge is 0.462 e. The molecule has 0 atom stereocenters. The number of aliphatic hydroxyl groups is 1. The van der Waals surface area contributed by atoms with Crippen molar-refractivity contribution in [2.75, 3.05) is 6.61 Å². The van der Waals surface area contributed by atoms with Crippen molar-refractivity contribution >= 4 is 11.9 Å². The maximum Gasteiger partial charge on any atom is 0.333 e. The number of rotatable bonds is 14. The van der Waals surface area contributed by atoms with Gasteiger partial charge in [0.1, 0.15) is 0 Å². The zero-order valence-corrected chi connectivity index (χ0v) is 19.4. The van der Waals surface area contributed by atoms with Crippen molar-refractivity contribution in [1.82, 2.24) is 0 Å². The number of unbranched alkanes of at least 4 members (excludes halogenated alkanes) is 9. The Hall–Kier alpha value is -1.62. The maximum absolute atomic E-state index is 11.1. The number of carbonyl (C=O) groups excluding carboxylic acids is 2. The SMILES string of the molecule is C=C(C)C(=O)OCCCCCCCCCCCC.C=CC(=O)OC1(O)CCCCC1. The van der Waals surface area contributed by atoms with Crippen LogP contribution in [0.5, 0.6) is 0 Å². The molecule has 0 saturated heterocycles. The van der Waals surface area contributed by atoms with Crippen LogP contribution in [-0.2, 0) is 19.1 Å². The van der Waals surface area contributed by atoms with Gasteiger partial charge in [-0.05, 0) is 26.2 Å². The van der Waals surface area contributed by atoms with Crippen molar-refractivity contribution in [1.29, 1.82) is 0 Å². The first-order valence-corrected chi connectivity index (χ1v) is 11.7. The molecule has 1 aliphatic carbocycles. The van der Waals surface area contributed by atoms with Gasteiger partial charge >= 0.3 is 11.9 Å². The van der Waals surface area contributed by atoms with Crippen LogP contribution in [0.2, 0.25) is 0 Å². The van der Waals surface area contributed by atoms with E-state index in [0.29, 0.717) is 25.0 Å². The average molecular weight is 425 g/mol. The highest BCUT2D eigenvalue weighted by Crippen LogP contribution is 2.29. The third kappa shape index (κ3) is 16.2. The van der Waals surface area contributed by atoms with E-state index in [2.05, 4.69) is 20.1 Å². The van der Waals surface area contributed by atoms with Gasteiger partial charge in [0.25, 0.3) is 0 Å². The molecular weight excluding hydrogens is 380 g/mol. The summed E-state index contributed by atoms with van der Waals surface area (Å²) in [5, 5.41) is 9.68. The molecule has 5 heteroatoms. The van der Waals surface area contributed by atoms with Crippen molar-refractivity contribution < 1.29 is 24.2 Å². The van der Waals surface area contributed by atoms with Crippen molar-refractivity contribution in [3.8, 4) is 0 Å². The minimum Gasteiger partial charge on any atom is -0.462 e. The molecule has 0 unspecified atom stereocenters. The molecule has 0 aromatic rings. The van der Waals surface area contributed by atoms with E-state index in [9.17, 15) is 14.7 Å². The summed E-state index contributed by atoms with van der Waals surface area (Å²) in [7, 11) is 0. The minimum absolute atomic E-state index is 0.258. The number of hydrogen-bond donors (Lipinski definition) is 1. The molecule has 0 bridgehead atoms. The Balaban J connectivity index is 0.000000604. The highest BCUT2D eigenvalue weighted by atomic mass is 16.7. The van der Waals surface area contributed by atoms with E-state index >= 15 is 0 Å². The first kappa shape index (κ1) is 28.4. The number of ether oxygens (including phenoxy) is 2. The quantitative estimate of drug-likeness (QED) is 0.151. The Morgan fingerprint density at radius 3 is 1.90 bits per heavy atom. The second kappa shape index (κ2) is 18.2. The monoisotopic (exact) mass is 424 g/mol. The lowest BCUT2D eigenvalue weighted by atomic mass is 9.94. The van der Waals surface area contributed by atoms with Gasteiger partial charge in [0, 0.05) is 24.5 Å². The summed E-state index contributed by atoms with van der Waals surface area (Å²) < 4.78 is 9.86. The van der Waals surface area contributed by atoms with Crippen LogP contribution in [0, 0.1) is 0 Å². The Morgan fingerprint density at radius 1 is 0.933 bits per heavy atom. The van der Waals surface area contributed by atoms with Crippen LogP contribution in [0.4, 0.5) is 0 Å². The highest BCUT2D eigenvalue weighted by molar-refractivity contribution is 5.86. The minimum atomic E-state index is -1.22. The van der Waals surface area contributed by atoms with Gasteiger partial charge in [-0.1, -0.05) is 84.3 Å². The molecular formula is C25H44O5. The van der Waals surface area contributed by atoms with Crippen molar-refractivity contribution in [3.05, 3.63) is 24.8 Å². The van der Waals surface area contributed by atoms with Crippen LogP contribution in [0.3, 0.4) is 0 Å². The molecule has 1 rings (SSSR count). The lowest BCUT2D eigenvalue weighted by molar-refractivity contribution is -0.215. The van der Waals surface area contributed by atoms with Gasteiger partial charge in [0.05, 0.1) is 6.61 Å². The normalized spacial score (nSPS) is 14.8. The maximum atomic E-state index is 11.1. The molecule has 0 aliphatic heterocycles. The molecule has 0 aromatic carbocycles. The fraction of sp³-hybridized carbons (Fsp3) is 0.760. The standard InChI is InChI=1S/C16H30O2.C9H14O3/c1-4-5-6-7-8-9-10-11-12-13-14-18-16(17)15(2)3;1-2-8(10)12-9(11)6-4-3-5-7-9/h2,4-14H2,1,3H3;2,11H,1,3-7H2. The van der Waals surface area contributed by atoms with E-state index < -0.39 is 11.8 Å². The smallest absolute Gasteiger partial charge is 0.333 e. The molecule has 0 aromatic heterocycles. The highest BCUT2D eigenvalue weighted by Gasteiger charge is 2.32. The molecule has 0 amide bonds. The van der Waals surface area contributed by atoms with Crippen LogP contribution in [0.25, 0.3) is 0 Å². The van der Waals surface area contributed by atoms with Crippen LogP contribution in [0.15, 0.2) is 24.8 Å². The Kier molecular flexibility index (Phi) is 17.2. The van der Waals surface area contributed by atoms with E-state index in [1.54, 1.807) is 6.92 Å². The van der Waals surface area contributed by atoms with E-state index in [-0.39, 0.29) is 5.97 Å². The molecule has 1 aliphatic rings. The molecule has 0 heterocycles. The fourth-order valence-corrected chi connectivity index (χ4v) is 3.31. The molecule has 174 valence electrons. The summed E-state index contributed by atoms with van der Waals surface area (Å²) in [5.74, 6) is -2.02. The van der Waals surface area contributed by atoms with E-state index in [4.69, 9.17) is 9.47 Å². The van der Waals surface area contributed by atoms with Crippen molar-refractivity contribution in [3.63, 3.8) is 0 Å². The second-order valence-corrected chi connectivity index (χ2v) is 8.23. The molecule has 30 heavy (non-hydrogen) atoms. The van der Waals surface area contributed by atoms with Gasteiger partial charge in [0.2, 0.25) is 5.79 Å². The Labute approximate surface area is 183 Å². The summed E-state index contributed by atoms with van der Waals surface area (Å²) in [6, 6.07) is 0. The Morgan fingerprint density at radius 2 is 1.43 bits per heavy atom. The fourth-order valence-electron chi connectivity index (χ4n) is 3.31. The van der Waals surface area contributed by atoms with Gasteiger partial charge in [-0.15, -0.1) is 0 Å². The predicted octanol–water partition coefficient (Wildman–Crippen LogP) is 6.39. The summed E-state index contributed by atoms with van der Waals surface area (Å²) in [5.41, 5.74) is 0.488. The lowest BCUT2D eigenvalue weighted by Crippen LogP contribution is -2.36. The van der Waals surface area contributed by atoms with Crippen LogP contribution in [0.1, 0.15) is 110 Å². The Bertz CT molecular complexity index is 492. The van der Waals surface area contributed by atoms with E-state index in [1.165, 1.54) is 57.8 Å². The summed E-state index contributed by atoms with van der Waals surface area (Å²) in [6.45, 7) is 11.3. The first-order valence-electron chi connectivity index (χ1n) is 11.7. The van der Waals surface area contributed by atoms with Crippen LogP contribution < -0.4 is 0 Å². The summed E-state index contributed by atoms with van der Waals surface area (Å²) in [4.78, 5) is 21.9.